The monoisotopic (exact) mass is 463 g/mol. The Bertz CT molecular complexity index is 1180. The van der Waals surface area contributed by atoms with Gasteiger partial charge in [0.2, 0.25) is 0 Å². The van der Waals surface area contributed by atoms with Crippen molar-refractivity contribution < 1.29 is 9.47 Å². The van der Waals surface area contributed by atoms with Gasteiger partial charge in [0.25, 0.3) is 0 Å². The molecule has 1 aromatic carbocycles. The average Bonchev–Trinajstić information content (AvgIpc) is 3.19. The number of nitrogen functional groups attached to an aromatic ring is 1. The van der Waals surface area contributed by atoms with Crippen LogP contribution >= 0.6 is 0 Å². The number of aromatic nitrogens is 3. The van der Waals surface area contributed by atoms with Gasteiger partial charge in [-0.05, 0) is 50.0 Å². The number of hydrogen-bond donors (Lipinski definition) is 2. The fourth-order valence-corrected chi connectivity index (χ4v) is 4.31. The Hall–Kier alpha value is -3.35. The Morgan fingerprint density at radius 3 is 2.68 bits per heavy atom. The number of piperidine rings is 1. The van der Waals surface area contributed by atoms with E-state index in [1.165, 1.54) is 5.56 Å². The molecule has 34 heavy (non-hydrogen) atoms. The molecule has 4 N–H and O–H groups in total. The maximum Gasteiger partial charge on any atom is 0.320 e. The number of unbranched alkanes of at least 4 members (excludes halogenated alkanes) is 1. The number of nitrogens with zero attached hydrogens (tertiary/aromatic N) is 5. The van der Waals surface area contributed by atoms with Crippen molar-refractivity contribution in [1.29, 1.82) is 5.26 Å². The highest BCUT2D eigenvalue weighted by Gasteiger charge is 2.19. The maximum absolute atomic E-state index is 9.77. The van der Waals surface area contributed by atoms with E-state index in [0.717, 1.165) is 56.6 Å². The number of hydrogen-bond acceptors (Lipinski definition) is 8. The van der Waals surface area contributed by atoms with E-state index >= 15 is 0 Å². The third kappa shape index (κ3) is 5.24. The maximum atomic E-state index is 9.77. The first-order valence-electron chi connectivity index (χ1n) is 11.9. The average molecular weight is 464 g/mol. The van der Waals surface area contributed by atoms with Gasteiger partial charge in [0, 0.05) is 18.2 Å². The molecular weight excluding hydrogens is 430 g/mol. The summed E-state index contributed by atoms with van der Waals surface area (Å²) in [7, 11) is 1.67. The molecule has 3 heterocycles. The van der Waals surface area contributed by atoms with Crippen molar-refractivity contribution in [3.63, 3.8) is 0 Å². The molecule has 0 spiro atoms. The van der Waals surface area contributed by atoms with E-state index in [2.05, 4.69) is 46.1 Å². The molecule has 9 nitrogen and oxygen atoms in total. The first-order chi connectivity index (χ1) is 16.5. The molecular formula is C25H33N7O2. The van der Waals surface area contributed by atoms with Crippen LogP contribution in [0.15, 0.2) is 24.3 Å². The number of methoxy groups -OCH3 is 1. The quantitative estimate of drug-likeness (QED) is 0.463. The van der Waals surface area contributed by atoms with E-state index < -0.39 is 0 Å². The zero-order valence-electron chi connectivity index (χ0n) is 20.0. The summed E-state index contributed by atoms with van der Waals surface area (Å²) in [5.74, 6) is 1.08. The largest absolute Gasteiger partial charge is 0.496 e. The molecule has 1 aliphatic rings. The molecule has 0 atom stereocenters. The van der Waals surface area contributed by atoms with Crippen LogP contribution in [0.2, 0.25) is 0 Å². The predicted molar refractivity (Wildman–Crippen MR) is 132 cm³/mol. The second-order valence-electron chi connectivity index (χ2n) is 8.82. The van der Waals surface area contributed by atoms with Crippen LogP contribution in [0.4, 0.5) is 5.82 Å². The highest BCUT2D eigenvalue weighted by molar-refractivity contribution is 5.88. The van der Waals surface area contributed by atoms with E-state index in [1.807, 2.05) is 4.57 Å². The molecule has 4 rings (SSSR count). The third-order valence-electron chi connectivity index (χ3n) is 6.32. The van der Waals surface area contributed by atoms with Gasteiger partial charge in [-0.3, -0.25) is 4.90 Å². The number of anilines is 1. The lowest BCUT2D eigenvalue weighted by atomic mass is 10.0. The molecule has 0 radical (unpaired) electrons. The Kier molecular flexibility index (Phi) is 7.50. The van der Waals surface area contributed by atoms with Gasteiger partial charge in [-0.25, -0.2) is 0 Å². The lowest BCUT2D eigenvalue weighted by Crippen LogP contribution is -2.39. The summed E-state index contributed by atoms with van der Waals surface area (Å²) in [6.07, 6.45) is 3.97. The van der Waals surface area contributed by atoms with Crippen LogP contribution in [0.1, 0.15) is 49.4 Å². The fourth-order valence-electron chi connectivity index (χ4n) is 4.31. The van der Waals surface area contributed by atoms with E-state index in [9.17, 15) is 5.26 Å². The van der Waals surface area contributed by atoms with Crippen molar-refractivity contribution in [2.75, 3.05) is 32.5 Å². The summed E-state index contributed by atoms with van der Waals surface area (Å²) in [5, 5.41) is 10.4. The summed E-state index contributed by atoms with van der Waals surface area (Å²) >= 11 is 0. The second kappa shape index (κ2) is 10.7. The first kappa shape index (κ1) is 23.8. The van der Waals surface area contributed by atoms with Crippen molar-refractivity contribution in [2.45, 2.75) is 51.7 Å². The summed E-state index contributed by atoms with van der Waals surface area (Å²) in [4.78, 5) is 11.3. The number of fused-ring (bicyclic) bond motifs is 1. The molecule has 3 aromatic rings. The van der Waals surface area contributed by atoms with Crippen molar-refractivity contribution in [3.05, 3.63) is 41.1 Å². The van der Waals surface area contributed by atoms with Gasteiger partial charge in [0.05, 0.1) is 25.6 Å². The Morgan fingerprint density at radius 2 is 1.97 bits per heavy atom. The van der Waals surface area contributed by atoms with Crippen LogP contribution in [0, 0.1) is 11.3 Å². The van der Waals surface area contributed by atoms with Gasteiger partial charge in [-0.2, -0.15) is 15.2 Å². The van der Waals surface area contributed by atoms with E-state index in [4.69, 9.17) is 20.9 Å². The SMILES string of the molecule is CCCCOc1nc(N)c2cc(C#N)n(Cc3ccc(CN4CCC(N)CC4)cc3OC)c2n1. The Balaban J connectivity index is 1.61. The minimum absolute atomic E-state index is 0.228. The molecule has 1 aliphatic heterocycles. The van der Waals surface area contributed by atoms with Crippen LogP contribution in [0.25, 0.3) is 11.0 Å². The topological polar surface area (TPSA) is 128 Å². The van der Waals surface area contributed by atoms with Gasteiger partial charge in [0.1, 0.15) is 23.3 Å². The van der Waals surface area contributed by atoms with Crippen molar-refractivity contribution in [2.24, 2.45) is 5.73 Å². The van der Waals surface area contributed by atoms with Crippen molar-refractivity contribution in [3.8, 4) is 17.8 Å². The predicted octanol–water partition coefficient (Wildman–Crippen LogP) is 3.04. The lowest BCUT2D eigenvalue weighted by Gasteiger charge is -2.30. The van der Waals surface area contributed by atoms with Crippen LogP contribution in [0.3, 0.4) is 0 Å². The molecule has 9 heteroatoms. The number of rotatable bonds is 9. The van der Waals surface area contributed by atoms with Crippen molar-refractivity contribution >= 4 is 16.9 Å². The Morgan fingerprint density at radius 1 is 1.18 bits per heavy atom. The molecule has 0 bridgehead atoms. The molecule has 0 aliphatic carbocycles. The van der Waals surface area contributed by atoms with Gasteiger partial charge < -0.3 is 25.5 Å². The zero-order valence-corrected chi connectivity index (χ0v) is 20.0. The normalized spacial score (nSPS) is 14.9. The molecule has 0 unspecified atom stereocenters. The minimum Gasteiger partial charge on any atom is -0.496 e. The molecule has 0 saturated carbocycles. The molecule has 0 amide bonds. The zero-order chi connectivity index (χ0) is 24.1. The summed E-state index contributed by atoms with van der Waals surface area (Å²) in [5.41, 5.74) is 15.4. The smallest absolute Gasteiger partial charge is 0.320 e. The number of ether oxygens (including phenoxy) is 2. The number of likely N-dealkylation sites (tertiary alicyclic amines) is 1. The fraction of sp³-hybridized carbons (Fsp3) is 0.480. The van der Waals surface area contributed by atoms with Gasteiger partial charge in [-0.1, -0.05) is 25.5 Å². The van der Waals surface area contributed by atoms with Gasteiger partial charge in [0.15, 0.2) is 5.65 Å². The minimum atomic E-state index is 0.228. The summed E-state index contributed by atoms with van der Waals surface area (Å²) < 4.78 is 13.2. The molecule has 1 fully saturated rings. The highest BCUT2D eigenvalue weighted by Crippen LogP contribution is 2.29. The van der Waals surface area contributed by atoms with Crippen LogP contribution in [0.5, 0.6) is 11.8 Å². The molecule has 180 valence electrons. The van der Waals surface area contributed by atoms with E-state index in [-0.39, 0.29) is 6.01 Å². The van der Waals surface area contributed by atoms with E-state index in [0.29, 0.717) is 41.7 Å². The summed E-state index contributed by atoms with van der Waals surface area (Å²) in [6.45, 7) is 5.91. The number of benzene rings is 1. The molecule has 1 saturated heterocycles. The van der Waals surface area contributed by atoms with E-state index in [1.54, 1.807) is 13.2 Å². The third-order valence-corrected chi connectivity index (χ3v) is 6.32. The van der Waals surface area contributed by atoms with Crippen molar-refractivity contribution in [1.82, 2.24) is 19.4 Å². The van der Waals surface area contributed by atoms with Crippen LogP contribution in [-0.4, -0.2) is 52.3 Å². The van der Waals surface area contributed by atoms with Crippen LogP contribution < -0.4 is 20.9 Å². The number of nitrogens with two attached hydrogens (primary N) is 2. The second-order valence-corrected chi connectivity index (χ2v) is 8.82. The highest BCUT2D eigenvalue weighted by atomic mass is 16.5. The lowest BCUT2D eigenvalue weighted by molar-refractivity contribution is 0.205. The van der Waals surface area contributed by atoms with Crippen LogP contribution in [-0.2, 0) is 13.1 Å². The van der Waals surface area contributed by atoms with Gasteiger partial charge in [-0.15, -0.1) is 0 Å². The Labute approximate surface area is 200 Å². The first-order valence-corrected chi connectivity index (χ1v) is 11.9. The molecule has 2 aromatic heterocycles. The van der Waals surface area contributed by atoms with Gasteiger partial charge >= 0.3 is 6.01 Å². The standard InChI is InChI=1S/C25H33N7O2/c1-3-4-11-34-25-29-23(28)21-13-20(14-26)32(24(21)30-25)16-18-6-5-17(12-22(18)33-2)15-31-9-7-19(27)8-10-31/h5-6,12-13,19H,3-4,7-11,15-16,27H2,1-2H3,(H2,28,29,30). The summed E-state index contributed by atoms with van der Waals surface area (Å²) in [6, 6.07) is 10.8. The number of nitriles is 1.